The number of amides is 1. The molecule has 0 heterocycles. The molecule has 1 rings (SSSR count). The van der Waals surface area contributed by atoms with E-state index in [2.05, 4.69) is 5.32 Å². The summed E-state index contributed by atoms with van der Waals surface area (Å²) in [5, 5.41) is 11.8. The van der Waals surface area contributed by atoms with E-state index in [0.717, 1.165) is 0 Å². The molecule has 1 aromatic rings. The van der Waals surface area contributed by atoms with Crippen molar-refractivity contribution >= 4 is 11.9 Å². The molecule has 0 unspecified atom stereocenters. The van der Waals surface area contributed by atoms with Gasteiger partial charge in [-0.2, -0.15) is 0 Å². The third kappa shape index (κ3) is 4.62. The van der Waals surface area contributed by atoms with E-state index >= 15 is 0 Å². The number of carboxylic acid groups (broad SMARTS) is 1. The molecule has 0 radical (unpaired) electrons. The number of carbonyl (C=O) groups is 2. The summed E-state index contributed by atoms with van der Waals surface area (Å²) in [6.45, 7) is 7.12. The molecule has 5 nitrogen and oxygen atoms in total. The molecule has 1 amide bonds. The van der Waals surface area contributed by atoms with Crippen LogP contribution in [0.3, 0.4) is 0 Å². The quantitative estimate of drug-likeness (QED) is 0.873. The van der Waals surface area contributed by atoms with Gasteiger partial charge >= 0.3 is 5.97 Å². The van der Waals surface area contributed by atoms with Crippen molar-refractivity contribution in [2.45, 2.75) is 33.2 Å². The molecule has 0 aliphatic heterocycles. The first-order valence-electron chi connectivity index (χ1n) is 5.97. The van der Waals surface area contributed by atoms with Crippen LogP contribution >= 0.6 is 0 Å². The molecular weight excluding hydrogens is 246 g/mol. The zero-order chi connectivity index (χ0) is 14.6. The van der Waals surface area contributed by atoms with Crippen molar-refractivity contribution < 1.29 is 19.4 Å². The van der Waals surface area contributed by atoms with Crippen molar-refractivity contribution in [2.24, 2.45) is 0 Å². The van der Waals surface area contributed by atoms with E-state index in [9.17, 15) is 9.59 Å². The lowest BCUT2D eigenvalue weighted by atomic mass is 10.1. The van der Waals surface area contributed by atoms with Crippen LogP contribution in [0.2, 0.25) is 0 Å². The fourth-order valence-corrected chi connectivity index (χ4v) is 1.60. The number of aryl methyl sites for hydroxylation is 1. The Bertz CT molecular complexity index is 489. The molecule has 2 N–H and O–H groups in total. The van der Waals surface area contributed by atoms with Crippen molar-refractivity contribution in [1.82, 2.24) is 5.32 Å². The molecule has 104 valence electrons. The minimum Gasteiger partial charge on any atom is -0.483 e. The van der Waals surface area contributed by atoms with Gasteiger partial charge in [0.15, 0.2) is 6.61 Å². The summed E-state index contributed by atoms with van der Waals surface area (Å²) < 4.78 is 5.34. The van der Waals surface area contributed by atoms with Crippen LogP contribution < -0.4 is 10.1 Å². The average Bonchev–Trinajstić information content (AvgIpc) is 2.24. The van der Waals surface area contributed by atoms with Crippen LogP contribution in [0, 0.1) is 6.92 Å². The van der Waals surface area contributed by atoms with E-state index in [-0.39, 0.29) is 29.4 Å². The lowest BCUT2D eigenvalue weighted by Gasteiger charge is -2.21. The topological polar surface area (TPSA) is 75.6 Å². The van der Waals surface area contributed by atoms with Gasteiger partial charge in [-0.3, -0.25) is 4.79 Å². The maximum atomic E-state index is 11.6. The first-order valence-corrected chi connectivity index (χ1v) is 5.97. The molecular formula is C14H19NO4. The second kappa shape index (κ2) is 5.73. The second-order valence-corrected chi connectivity index (χ2v) is 5.34. The lowest BCUT2D eigenvalue weighted by Crippen LogP contribution is -2.43. The Balaban J connectivity index is 2.78. The summed E-state index contributed by atoms with van der Waals surface area (Å²) in [6, 6.07) is 4.83. The highest BCUT2D eigenvalue weighted by Gasteiger charge is 2.17. The number of carbonyl (C=O) groups excluding carboxylic acids is 1. The number of ether oxygens (including phenoxy) is 1. The smallest absolute Gasteiger partial charge is 0.339 e. The van der Waals surface area contributed by atoms with Gasteiger partial charge in [0.25, 0.3) is 5.91 Å². The minimum absolute atomic E-state index is 0.0589. The van der Waals surface area contributed by atoms with Crippen LogP contribution in [0.1, 0.15) is 36.7 Å². The highest BCUT2D eigenvalue weighted by molar-refractivity contribution is 5.91. The number of nitrogens with one attached hydrogen (secondary N) is 1. The predicted molar refractivity (Wildman–Crippen MR) is 71.5 cm³/mol. The third-order valence-electron chi connectivity index (χ3n) is 2.30. The number of hydrogen-bond donors (Lipinski definition) is 2. The monoisotopic (exact) mass is 265 g/mol. The lowest BCUT2D eigenvalue weighted by molar-refractivity contribution is -0.124. The number of hydrogen-bond acceptors (Lipinski definition) is 3. The van der Waals surface area contributed by atoms with Crippen LogP contribution in [-0.2, 0) is 4.79 Å². The van der Waals surface area contributed by atoms with Gasteiger partial charge in [0.1, 0.15) is 11.3 Å². The summed E-state index contributed by atoms with van der Waals surface area (Å²) in [5.41, 5.74) is 0.397. The molecule has 1 aromatic carbocycles. The molecule has 0 aliphatic carbocycles. The van der Waals surface area contributed by atoms with E-state index in [4.69, 9.17) is 9.84 Å². The standard InChI is InChI=1S/C14H19NO4/c1-9-6-5-7-10(13(17)18)12(9)19-8-11(16)15-14(2,3)4/h5-7H,8H2,1-4H3,(H,15,16)(H,17,18). The van der Waals surface area contributed by atoms with Gasteiger partial charge in [0.05, 0.1) is 0 Å². The van der Waals surface area contributed by atoms with Crippen molar-refractivity contribution in [3.05, 3.63) is 29.3 Å². The van der Waals surface area contributed by atoms with Gasteiger partial charge in [0.2, 0.25) is 0 Å². The van der Waals surface area contributed by atoms with Gasteiger partial charge in [-0.15, -0.1) is 0 Å². The van der Waals surface area contributed by atoms with E-state index in [1.807, 2.05) is 20.8 Å². The van der Waals surface area contributed by atoms with Crippen molar-refractivity contribution in [1.29, 1.82) is 0 Å². The fraction of sp³-hybridized carbons (Fsp3) is 0.429. The molecule has 0 atom stereocenters. The summed E-state index contributed by atoms with van der Waals surface area (Å²) in [5.74, 6) is -1.12. The Hall–Kier alpha value is -2.04. The normalized spacial score (nSPS) is 10.9. The molecule has 0 bridgehead atoms. The number of benzene rings is 1. The Kier molecular flexibility index (Phi) is 4.53. The van der Waals surface area contributed by atoms with E-state index in [1.165, 1.54) is 6.07 Å². The van der Waals surface area contributed by atoms with Crippen molar-refractivity contribution in [3.8, 4) is 5.75 Å². The van der Waals surface area contributed by atoms with Gasteiger partial charge in [0, 0.05) is 5.54 Å². The molecule has 0 aromatic heterocycles. The Morgan fingerprint density at radius 1 is 1.32 bits per heavy atom. The molecule has 0 saturated carbocycles. The first kappa shape index (κ1) is 15.0. The van der Waals surface area contributed by atoms with Gasteiger partial charge in [-0.1, -0.05) is 12.1 Å². The minimum atomic E-state index is -1.07. The number of para-hydroxylation sites is 1. The molecule has 0 saturated heterocycles. The SMILES string of the molecule is Cc1cccc(C(=O)O)c1OCC(=O)NC(C)(C)C. The third-order valence-corrected chi connectivity index (χ3v) is 2.30. The van der Waals surface area contributed by atoms with Gasteiger partial charge in [-0.25, -0.2) is 4.79 Å². The van der Waals surface area contributed by atoms with E-state index in [1.54, 1.807) is 19.1 Å². The molecule has 5 heteroatoms. The Morgan fingerprint density at radius 2 is 1.95 bits per heavy atom. The number of aromatic carboxylic acids is 1. The Morgan fingerprint density at radius 3 is 2.47 bits per heavy atom. The summed E-state index contributed by atoms with van der Waals surface area (Å²) in [4.78, 5) is 22.7. The van der Waals surface area contributed by atoms with Crippen LogP contribution in [0.25, 0.3) is 0 Å². The number of rotatable bonds is 4. The molecule has 0 fully saturated rings. The molecule has 0 aliphatic rings. The first-order chi connectivity index (χ1) is 8.70. The predicted octanol–water partition coefficient (Wildman–Crippen LogP) is 1.99. The van der Waals surface area contributed by atoms with Gasteiger partial charge in [-0.05, 0) is 39.3 Å². The van der Waals surface area contributed by atoms with Crippen molar-refractivity contribution in [2.75, 3.05) is 6.61 Å². The van der Waals surface area contributed by atoms with Crippen LogP contribution in [-0.4, -0.2) is 29.1 Å². The zero-order valence-electron chi connectivity index (χ0n) is 11.6. The maximum Gasteiger partial charge on any atom is 0.339 e. The summed E-state index contributed by atoms with van der Waals surface area (Å²) in [7, 11) is 0. The summed E-state index contributed by atoms with van der Waals surface area (Å²) >= 11 is 0. The van der Waals surface area contributed by atoms with Crippen LogP contribution in [0.15, 0.2) is 18.2 Å². The van der Waals surface area contributed by atoms with Crippen LogP contribution in [0.4, 0.5) is 0 Å². The van der Waals surface area contributed by atoms with Gasteiger partial charge < -0.3 is 15.2 Å². The summed E-state index contributed by atoms with van der Waals surface area (Å²) in [6.07, 6.45) is 0. The maximum absolute atomic E-state index is 11.6. The van der Waals surface area contributed by atoms with E-state index in [0.29, 0.717) is 5.56 Å². The average molecular weight is 265 g/mol. The van der Waals surface area contributed by atoms with E-state index < -0.39 is 5.97 Å². The fourth-order valence-electron chi connectivity index (χ4n) is 1.60. The second-order valence-electron chi connectivity index (χ2n) is 5.34. The Labute approximate surface area is 112 Å². The number of carboxylic acids is 1. The highest BCUT2D eigenvalue weighted by Crippen LogP contribution is 2.23. The molecule has 0 spiro atoms. The highest BCUT2D eigenvalue weighted by atomic mass is 16.5. The van der Waals surface area contributed by atoms with Crippen molar-refractivity contribution in [3.63, 3.8) is 0 Å². The van der Waals surface area contributed by atoms with Crippen LogP contribution in [0.5, 0.6) is 5.75 Å². The largest absolute Gasteiger partial charge is 0.483 e. The zero-order valence-corrected chi connectivity index (χ0v) is 11.6. The molecule has 19 heavy (non-hydrogen) atoms.